The van der Waals surface area contributed by atoms with Gasteiger partial charge in [-0.2, -0.15) is 0 Å². The predicted molar refractivity (Wildman–Crippen MR) is 97.6 cm³/mol. The molecule has 2 aromatic carbocycles. The molecule has 0 radical (unpaired) electrons. The highest BCUT2D eigenvalue weighted by atomic mass is 16.5. The molecule has 1 amide bonds. The van der Waals surface area contributed by atoms with Gasteiger partial charge in [0.05, 0.1) is 5.69 Å². The number of rotatable bonds is 5. The van der Waals surface area contributed by atoms with Crippen LogP contribution in [0.25, 0.3) is 0 Å². The van der Waals surface area contributed by atoms with Crippen LogP contribution in [0.1, 0.15) is 33.9 Å². The van der Waals surface area contributed by atoms with E-state index < -0.39 is 5.91 Å². The van der Waals surface area contributed by atoms with Crippen LogP contribution >= 0.6 is 0 Å². The van der Waals surface area contributed by atoms with E-state index in [4.69, 9.17) is 9.15 Å². The van der Waals surface area contributed by atoms with E-state index in [1.807, 2.05) is 6.07 Å². The Kier molecular flexibility index (Phi) is 4.35. The lowest BCUT2D eigenvalue weighted by Crippen LogP contribution is -2.10. The molecule has 0 spiro atoms. The zero-order valence-electron chi connectivity index (χ0n) is 14.2. The number of fused-ring (bicyclic) bond motifs is 1. The van der Waals surface area contributed by atoms with Crippen LogP contribution in [0, 0.1) is 0 Å². The van der Waals surface area contributed by atoms with Gasteiger partial charge in [-0.15, -0.1) is 0 Å². The Morgan fingerprint density at radius 2 is 1.92 bits per heavy atom. The number of hydrogen-bond acceptors (Lipinski definition) is 4. The van der Waals surface area contributed by atoms with Gasteiger partial charge in [0.15, 0.2) is 5.76 Å². The Morgan fingerprint density at radius 3 is 2.81 bits per heavy atom. The number of phenolic OH excluding ortho intramolecular Hbond substituents is 1. The van der Waals surface area contributed by atoms with Crippen LogP contribution in [0.4, 0.5) is 5.69 Å². The van der Waals surface area contributed by atoms with Crippen molar-refractivity contribution in [2.24, 2.45) is 0 Å². The number of aromatic hydroxyl groups is 1. The molecular weight excluding hydrogens is 330 g/mol. The molecular formula is C21H19NO4. The summed E-state index contributed by atoms with van der Waals surface area (Å²) in [5.41, 5.74) is 3.09. The van der Waals surface area contributed by atoms with E-state index >= 15 is 0 Å². The van der Waals surface area contributed by atoms with Crippen molar-refractivity contribution in [1.29, 1.82) is 0 Å². The fraction of sp³-hybridized carbons (Fsp3) is 0.190. The number of carbonyl (C=O) groups is 1. The highest BCUT2D eigenvalue weighted by Crippen LogP contribution is 2.27. The first kappa shape index (κ1) is 16.3. The van der Waals surface area contributed by atoms with Crippen LogP contribution in [0.5, 0.6) is 11.5 Å². The lowest BCUT2D eigenvalue weighted by molar-refractivity contribution is 0.0992. The number of phenols is 1. The monoisotopic (exact) mass is 349 g/mol. The number of anilines is 1. The summed E-state index contributed by atoms with van der Waals surface area (Å²) in [7, 11) is 0. The SMILES string of the molecule is O=C(Nc1ccccc1O)c1ccc(COc2ccc3c(c2)CCC3)o1. The van der Waals surface area contributed by atoms with Gasteiger partial charge in [0.25, 0.3) is 5.91 Å². The summed E-state index contributed by atoms with van der Waals surface area (Å²) in [4.78, 5) is 12.2. The third-order valence-electron chi connectivity index (χ3n) is 4.49. The molecule has 0 atom stereocenters. The molecule has 1 aliphatic carbocycles. The van der Waals surface area contributed by atoms with Crippen LogP contribution in [0.15, 0.2) is 59.0 Å². The molecule has 0 saturated carbocycles. The van der Waals surface area contributed by atoms with Gasteiger partial charge in [0.1, 0.15) is 23.9 Å². The molecule has 1 aliphatic rings. The van der Waals surface area contributed by atoms with Crippen molar-refractivity contribution in [2.45, 2.75) is 25.9 Å². The average molecular weight is 349 g/mol. The molecule has 1 aromatic heterocycles. The second-order valence-electron chi connectivity index (χ2n) is 6.31. The third kappa shape index (κ3) is 3.42. The molecule has 132 valence electrons. The summed E-state index contributed by atoms with van der Waals surface area (Å²) in [6.45, 7) is 0.253. The number of nitrogens with one attached hydrogen (secondary N) is 1. The number of carbonyl (C=O) groups excluding carboxylic acids is 1. The van der Waals surface area contributed by atoms with Gasteiger partial charge in [-0.25, -0.2) is 0 Å². The maximum atomic E-state index is 12.2. The molecule has 2 N–H and O–H groups in total. The number of benzene rings is 2. The lowest BCUT2D eigenvalue weighted by Gasteiger charge is -2.07. The number of ether oxygens (including phenoxy) is 1. The van der Waals surface area contributed by atoms with Gasteiger partial charge in [0.2, 0.25) is 0 Å². The zero-order valence-corrected chi connectivity index (χ0v) is 14.2. The van der Waals surface area contributed by atoms with E-state index in [0.717, 1.165) is 18.6 Å². The van der Waals surface area contributed by atoms with Crippen molar-refractivity contribution < 1.29 is 19.1 Å². The van der Waals surface area contributed by atoms with Crippen molar-refractivity contribution >= 4 is 11.6 Å². The third-order valence-corrected chi connectivity index (χ3v) is 4.49. The van der Waals surface area contributed by atoms with E-state index in [2.05, 4.69) is 17.4 Å². The van der Waals surface area contributed by atoms with Gasteiger partial charge in [-0.05, 0) is 66.8 Å². The van der Waals surface area contributed by atoms with Gasteiger partial charge >= 0.3 is 0 Å². The molecule has 4 rings (SSSR count). The minimum atomic E-state index is -0.421. The van der Waals surface area contributed by atoms with Crippen LogP contribution in [0.3, 0.4) is 0 Å². The largest absolute Gasteiger partial charge is 0.506 e. The molecule has 0 aliphatic heterocycles. The van der Waals surface area contributed by atoms with E-state index in [1.165, 1.54) is 23.6 Å². The molecule has 0 saturated heterocycles. The number of aryl methyl sites for hydroxylation is 2. The van der Waals surface area contributed by atoms with E-state index in [0.29, 0.717) is 11.4 Å². The smallest absolute Gasteiger partial charge is 0.291 e. The highest BCUT2D eigenvalue weighted by molar-refractivity contribution is 6.03. The van der Waals surface area contributed by atoms with Crippen molar-refractivity contribution in [3.8, 4) is 11.5 Å². The summed E-state index contributed by atoms with van der Waals surface area (Å²) >= 11 is 0. The Hall–Kier alpha value is -3.21. The van der Waals surface area contributed by atoms with Crippen molar-refractivity contribution in [3.05, 3.63) is 77.2 Å². The number of amides is 1. The minimum Gasteiger partial charge on any atom is -0.506 e. The normalized spacial score (nSPS) is 12.6. The van der Waals surface area contributed by atoms with Gasteiger partial charge in [-0.1, -0.05) is 18.2 Å². The van der Waals surface area contributed by atoms with E-state index in [1.54, 1.807) is 30.3 Å². The predicted octanol–water partition coefficient (Wildman–Crippen LogP) is 4.31. The average Bonchev–Trinajstić information content (AvgIpc) is 3.30. The lowest BCUT2D eigenvalue weighted by atomic mass is 10.1. The highest BCUT2D eigenvalue weighted by Gasteiger charge is 2.14. The number of hydrogen-bond donors (Lipinski definition) is 2. The quantitative estimate of drug-likeness (QED) is 0.674. The molecule has 0 fully saturated rings. The number of furan rings is 1. The summed E-state index contributed by atoms with van der Waals surface area (Å²) in [6, 6.07) is 16.0. The fourth-order valence-corrected chi connectivity index (χ4v) is 3.13. The molecule has 0 unspecified atom stereocenters. The van der Waals surface area contributed by atoms with E-state index in [9.17, 15) is 9.90 Å². The Labute approximate surface area is 151 Å². The van der Waals surface area contributed by atoms with E-state index in [-0.39, 0.29) is 18.1 Å². The number of para-hydroxylation sites is 2. The van der Waals surface area contributed by atoms with Crippen molar-refractivity contribution in [2.75, 3.05) is 5.32 Å². The summed E-state index contributed by atoms with van der Waals surface area (Å²) < 4.78 is 11.3. The Bertz CT molecular complexity index is 945. The molecule has 1 heterocycles. The standard InChI is InChI=1S/C21H19NO4/c23-19-7-2-1-6-18(19)22-21(24)20-11-10-17(26-20)13-25-16-9-8-14-4-3-5-15(14)12-16/h1-2,6-12,23H,3-5,13H2,(H,22,24). The van der Waals surface area contributed by atoms with Gasteiger partial charge < -0.3 is 19.6 Å². The van der Waals surface area contributed by atoms with Gasteiger partial charge in [0, 0.05) is 0 Å². The first-order valence-electron chi connectivity index (χ1n) is 8.62. The maximum Gasteiger partial charge on any atom is 0.291 e. The Morgan fingerprint density at radius 1 is 1.08 bits per heavy atom. The minimum absolute atomic E-state index is 0.00701. The van der Waals surface area contributed by atoms with Crippen LogP contribution in [-0.4, -0.2) is 11.0 Å². The molecule has 0 bridgehead atoms. The molecule has 3 aromatic rings. The molecule has 5 heteroatoms. The summed E-state index contributed by atoms with van der Waals surface area (Å²) in [5, 5.41) is 12.3. The fourth-order valence-electron chi connectivity index (χ4n) is 3.13. The maximum absolute atomic E-state index is 12.2. The second-order valence-corrected chi connectivity index (χ2v) is 6.31. The summed E-state index contributed by atoms with van der Waals surface area (Å²) in [6.07, 6.45) is 3.44. The zero-order chi connectivity index (χ0) is 17.9. The summed E-state index contributed by atoms with van der Waals surface area (Å²) in [5.74, 6) is 1.12. The van der Waals surface area contributed by atoms with Crippen LogP contribution in [0.2, 0.25) is 0 Å². The van der Waals surface area contributed by atoms with Crippen molar-refractivity contribution in [1.82, 2.24) is 0 Å². The topological polar surface area (TPSA) is 71.7 Å². The van der Waals surface area contributed by atoms with Gasteiger partial charge in [-0.3, -0.25) is 4.79 Å². The second kappa shape index (κ2) is 6.96. The first-order valence-corrected chi connectivity index (χ1v) is 8.62. The Balaban J connectivity index is 1.38. The van der Waals surface area contributed by atoms with Crippen molar-refractivity contribution in [3.63, 3.8) is 0 Å². The first-order chi connectivity index (χ1) is 12.7. The van der Waals surface area contributed by atoms with Crippen LogP contribution in [-0.2, 0) is 19.4 Å². The van der Waals surface area contributed by atoms with Crippen LogP contribution < -0.4 is 10.1 Å². The molecule has 5 nitrogen and oxygen atoms in total. The molecule has 26 heavy (non-hydrogen) atoms.